The lowest BCUT2D eigenvalue weighted by Gasteiger charge is -2.12. The first kappa shape index (κ1) is 14.8. The normalized spacial score (nSPS) is 10.1. The number of carbonyl (C=O) groups excluding carboxylic acids is 1. The second kappa shape index (κ2) is 6.75. The highest BCUT2D eigenvalue weighted by atomic mass is 16.1. The van der Waals surface area contributed by atoms with E-state index in [9.17, 15) is 4.79 Å². The first-order chi connectivity index (χ1) is 11.2. The monoisotopic (exact) mass is 303 g/mol. The van der Waals surface area contributed by atoms with Gasteiger partial charge in [-0.05, 0) is 48.9 Å². The van der Waals surface area contributed by atoms with E-state index in [2.05, 4.69) is 15.6 Å². The number of para-hydroxylation sites is 2. The van der Waals surface area contributed by atoms with Gasteiger partial charge in [-0.2, -0.15) is 0 Å². The number of rotatable bonds is 4. The summed E-state index contributed by atoms with van der Waals surface area (Å²) in [5.74, 6) is 0.353. The van der Waals surface area contributed by atoms with Crippen molar-refractivity contribution in [1.29, 1.82) is 0 Å². The maximum Gasteiger partial charge on any atom is 0.258 e. The molecule has 0 radical (unpaired) electrons. The Hall–Kier alpha value is -3.14. The van der Waals surface area contributed by atoms with Gasteiger partial charge in [-0.1, -0.05) is 30.3 Å². The molecule has 0 aliphatic carbocycles. The highest BCUT2D eigenvalue weighted by Crippen LogP contribution is 2.21. The molecule has 114 valence electrons. The van der Waals surface area contributed by atoms with Crippen LogP contribution in [0.25, 0.3) is 0 Å². The fourth-order valence-electron chi connectivity index (χ4n) is 2.26. The van der Waals surface area contributed by atoms with Crippen molar-refractivity contribution < 1.29 is 4.79 Å². The lowest BCUT2D eigenvalue weighted by atomic mass is 10.1. The molecular formula is C19H17N3O. The van der Waals surface area contributed by atoms with E-state index in [-0.39, 0.29) is 5.91 Å². The molecule has 4 nitrogen and oxygen atoms in total. The Morgan fingerprint density at radius 2 is 1.70 bits per heavy atom. The zero-order chi connectivity index (χ0) is 16.1. The Morgan fingerprint density at radius 3 is 2.48 bits per heavy atom. The Labute approximate surface area is 135 Å². The lowest BCUT2D eigenvalue weighted by molar-refractivity contribution is 0.102. The first-order valence-corrected chi connectivity index (χ1v) is 7.37. The number of carbonyl (C=O) groups is 1. The van der Waals surface area contributed by atoms with E-state index < -0.39 is 0 Å². The third-order valence-corrected chi connectivity index (χ3v) is 3.38. The van der Waals surface area contributed by atoms with Gasteiger partial charge in [-0.25, -0.2) is 4.98 Å². The summed E-state index contributed by atoms with van der Waals surface area (Å²) in [6, 6.07) is 20.9. The number of anilines is 3. The van der Waals surface area contributed by atoms with Gasteiger partial charge < -0.3 is 10.6 Å². The number of hydrogen-bond acceptors (Lipinski definition) is 3. The summed E-state index contributed by atoms with van der Waals surface area (Å²) < 4.78 is 0. The SMILES string of the molecule is Cc1ccnc(NC(=O)c2ccccc2Nc2ccccc2)c1. The largest absolute Gasteiger partial charge is 0.355 e. The van der Waals surface area contributed by atoms with Crippen LogP contribution in [0.5, 0.6) is 0 Å². The van der Waals surface area contributed by atoms with E-state index in [0.29, 0.717) is 11.4 Å². The molecule has 23 heavy (non-hydrogen) atoms. The lowest BCUT2D eigenvalue weighted by Crippen LogP contribution is -2.14. The molecule has 0 saturated heterocycles. The van der Waals surface area contributed by atoms with Gasteiger partial charge in [0.15, 0.2) is 0 Å². The van der Waals surface area contributed by atoms with Gasteiger partial charge in [0.05, 0.1) is 11.3 Å². The van der Waals surface area contributed by atoms with Crippen LogP contribution in [0.2, 0.25) is 0 Å². The topological polar surface area (TPSA) is 54.0 Å². The number of aromatic nitrogens is 1. The van der Waals surface area contributed by atoms with Crippen LogP contribution in [-0.4, -0.2) is 10.9 Å². The Balaban J connectivity index is 1.83. The van der Waals surface area contributed by atoms with E-state index in [1.54, 1.807) is 12.3 Å². The highest BCUT2D eigenvalue weighted by Gasteiger charge is 2.12. The average molecular weight is 303 g/mol. The molecule has 0 atom stereocenters. The van der Waals surface area contributed by atoms with Crippen LogP contribution >= 0.6 is 0 Å². The molecule has 1 aromatic heterocycles. The fourth-order valence-corrected chi connectivity index (χ4v) is 2.26. The van der Waals surface area contributed by atoms with Crippen LogP contribution in [0.3, 0.4) is 0 Å². The predicted octanol–water partition coefficient (Wildman–Crippen LogP) is 4.39. The fraction of sp³-hybridized carbons (Fsp3) is 0.0526. The number of nitrogens with one attached hydrogen (secondary N) is 2. The predicted molar refractivity (Wildman–Crippen MR) is 93.1 cm³/mol. The number of aryl methyl sites for hydroxylation is 1. The van der Waals surface area contributed by atoms with E-state index >= 15 is 0 Å². The van der Waals surface area contributed by atoms with Gasteiger partial charge in [0, 0.05) is 11.9 Å². The zero-order valence-corrected chi connectivity index (χ0v) is 12.8. The number of hydrogen-bond donors (Lipinski definition) is 2. The Bertz CT molecular complexity index is 816. The second-order valence-electron chi connectivity index (χ2n) is 5.21. The van der Waals surface area contributed by atoms with Gasteiger partial charge in [0.1, 0.15) is 5.82 Å². The average Bonchev–Trinajstić information content (AvgIpc) is 2.56. The molecule has 1 amide bonds. The zero-order valence-electron chi connectivity index (χ0n) is 12.8. The van der Waals surface area contributed by atoms with Crippen LogP contribution in [0.15, 0.2) is 72.9 Å². The van der Waals surface area contributed by atoms with E-state index in [1.165, 1.54) is 0 Å². The van der Waals surface area contributed by atoms with E-state index in [1.807, 2.05) is 67.6 Å². The Morgan fingerprint density at radius 1 is 0.957 bits per heavy atom. The quantitative estimate of drug-likeness (QED) is 0.751. The van der Waals surface area contributed by atoms with Crippen LogP contribution in [0.4, 0.5) is 17.2 Å². The number of nitrogens with zero attached hydrogens (tertiary/aromatic N) is 1. The van der Waals surface area contributed by atoms with Gasteiger partial charge >= 0.3 is 0 Å². The van der Waals surface area contributed by atoms with Crippen molar-refractivity contribution in [3.63, 3.8) is 0 Å². The van der Waals surface area contributed by atoms with Gasteiger partial charge in [-0.3, -0.25) is 4.79 Å². The summed E-state index contributed by atoms with van der Waals surface area (Å²) >= 11 is 0. The van der Waals surface area contributed by atoms with E-state index in [4.69, 9.17) is 0 Å². The molecular weight excluding hydrogens is 286 g/mol. The van der Waals surface area contributed by atoms with E-state index in [0.717, 1.165) is 16.9 Å². The molecule has 0 spiro atoms. The summed E-state index contributed by atoms with van der Waals surface area (Å²) in [6.07, 6.45) is 1.68. The number of amides is 1. The second-order valence-corrected chi connectivity index (χ2v) is 5.21. The first-order valence-electron chi connectivity index (χ1n) is 7.37. The van der Waals surface area contributed by atoms with Crippen molar-refractivity contribution in [2.75, 3.05) is 10.6 Å². The van der Waals surface area contributed by atoms with Crippen LogP contribution in [-0.2, 0) is 0 Å². The molecule has 2 N–H and O–H groups in total. The smallest absolute Gasteiger partial charge is 0.258 e. The summed E-state index contributed by atoms with van der Waals surface area (Å²) in [7, 11) is 0. The summed E-state index contributed by atoms with van der Waals surface area (Å²) in [5, 5.41) is 6.10. The van der Waals surface area contributed by atoms with Crippen molar-refractivity contribution >= 4 is 23.1 Å². The van der Waals surface area contributed by atoms with Gasteiger partial charge in [0.2, 0.25) is 0 Å². The molecule has 3 rings (SSSR count). The summed E-state index contributed by atoms with van der Waals surface area (Å²) in [5.41, 5.74) is 3.30. The minimum Gasteiger partial charge on any atom is -0.355 e. The van der Waals surface area contributed by atoms with Crippen molar-refractivity contribution in [3.05, 3.63) is 84.1 Å². The maximum absolute atomic E-state index is 12.5. The highest BCUT2D eigenvalue weighted by molar-refractivity contribution is 6.08. The molecule has 0 aliphatic heterocycles. The number of pyridine rings is 1. The molecule has 0 unspecified atom stereocenters. The summed E-state index contributed by atoms with van der Waals surface area (Å²) in [6.45, 7) is 1.96. The van der Waals surface area contributed by atoms with Crippen LogP contribution < -0.4 is 10.6 Å². The molecule has 2 aromatic carbocycles. The molecule has 1 heterocycles. The molecule has 0 bridgehead atoms. The standard InChI is InChI=1S/C19H17N3O/c1-14-11-12-20-18(13-14)22-19(23)16-9-5-6-10-17(16)21-15-7-3-2-4-8-15/h2-13,21H,1H3,(H,20,22,23). The number of benzene rings is 2. The maximum atomic E-state index is 12.5. The Kier molecular flexibility index (Phi) is 4.34. The summed E-state index contributed by atoms with van der Waals surface area (Å²) in [4.78, 5) is 16.7. The molecule has 3 aromatic rings. The minimum atomic E-state index is -0.192. The van der Waals surface area contributed by atoms with Crippen molar-refractivity contribution in [2.45, 2.75) is 6.92 Å². The molecule has 4 heteroatoms. The minimum absolute atomic E-state index is 0.192. The third-order valence-electron chi connectivity index (χ3n) is 3.38. The van der Waals surface area contributed by atoms with Gasteiger partial charge in [0.25, 0.3) is 5.91 Å². The van der Waals surface area contributed by atoms with Crippen molar-refractivity contribution in [2.24, 2.45) is 0 Å². The molecule has 0 fully saturated rings. The van der Waals surface area contributed by atoms with Crippen molar-refractivity contribution in [1.82, 2.24) is 4.98 Å². The van der Waals surface area contributed by atoms with Crippen LogP contribution in [0.1, 0.15) is 15.9 Å². The third kappa shape index (κ3) is 3.74. The van der Waals surface area contributed by atoms with Gasteiger partial charge in [-0.15, -0.1) is 0 Å². The molecule has 0 aliphatic rings. The van der Waals surface area contributed by atoms with Crippen molar-refractivity contribution in [3.8, 4) is 0 Å². The molecule has 0 saturated carbocycles. The van der Waals surface area contributed by atoms with Crippen LogP contribution in [0, 0.1) is 6.92 Å².